The summed E-state index contributed by atoms with van der Waals surface area (Å²) < 4.78 is 6.18. The number of carbonyl (C=O) groups excluding carboxylic acids is 1. The molecule has 5 nitrogen and oxygen atoms in total. The summed E-state index contributed by atoms with van der Waals surface area (Å²) in [7, 11) is 1.64. The van der Waals surface area contributed by atoms with Gasteiger partial charge in [0.1, 0.15) is 11.3 Å². The Morgan fingerprint density at radius 1 is 1.45 bits per heavy atom. The number of nitrogens with zero attached hydrogens (tertiary/aromatic N) is 2. The number of thioether (sulfide) groups is 1. The van der Waals surface area contributed by atoms with Crippen LogP contribution >= 0.6 is 23.1 Å². The first-order valence-electron chi connectivity index (χ1n) is 7.01. The van der Waals surface area contributed by atoms with E-state index in [2.05, 4.69) is 15.5 Å². The second-order valence-electron chi connectivity index (χ2n) is 4.68. The molecule has 0 aliphatic heterocycles. The van der Waals surface area contributed by atoms with Crippen LogP contribution in [-0.2, 0) is 4.79 Å². The second kappa shape index (κ2) is 8.14. The number of amides is 1. The first-order valence-corrected chi connectivity index (χ1v) is 8.77. The van der Waals surface area contributed by atoms with Gasteiger partial charge < -0.3 is 10.1 Å². The summed E-state index contributed by atoms with van der Waals surface area (Å²) in [6, 6.07) is 7.69. The molecule has 0 fully saturated rings. The minimum atomic E-state index is -0.225. The van der Waals surface area contributed by atoms with Crippen LogP contribution in [0.2, 0.25) is 0 Å². The van der Waals surface area contributed by atoms with Gasteiger partial charge in [0.05, 0.1) is 18.4 Å². The number of benzene rings is 1. The fourth-order valence-electron chi connectivity index (χ4n) is 2.06. The molecule has 0 spiro atoms. The Bertz CT molecular complexity index is 605. The van der Waals surface area contributed by atoms with Crippen molar-refractivity contribution in [3.8, 4) is 5.75 Å². The molecule has 0 saturated heterocycles. The van der Waals surface area contributed by atoms with Crippen LogP contribution in [0.15, 0.2) is 34.1 Å². The van der Waals surface area contributed by atoms with Gasteiger partial charge in [-0.2, -0.15) is 0 Å². The van der Waals surface area contributed by atoms with Crippen molar-refractivity contribution < 1.29 is 9.53 Å². The molecule has 1 aromatic carbocycles. The zero-order valence-corrected chi connectivity index (χ0v) is 14.4. The molecule has 118 valence electrons. The van der Waals surface area contributed by atoms with E-state index in [9.17, 15) is 4.79 Å². The van der Waals surface area contributed by atoms with Crippen molar-refractivity contribution in [3.63, 3.8) is 0 Å². The molecule has 22 heavy (non-hydrogen) atoms. The molecule has 0 radical (unpaired) electrons. The first kappa shape index (κ1) is 16.8. The minimum Gasteiger partial charge on any atom is -0.496 e. The third-order valence-corrected chi connectivity index (χ3v) is 5.14. The van der Waals surface area contributed by atoms with Gasteiger partial charge >= 0.3 is 0 Å². The van der Waals surface area contributed by atoms with Crippen LogP contribution < -0.4 is 10.1 Å². The second-order valence-corrected chi connectivity index (χ2v) is 7.10. The topological polar surface area (TPSA) is 64.1 Å². The van der Waals surface area contributed by atoms with Gasteiger partial charge in [-0.25, -0.2) is 0 Å². The summed E-state index contributed by atoms with van der Waals surface area (Å²) in [4.78, 5) is 12.4. The summed E-state index contributed by atoms with van der Waals surface area (Å²) in [5.74, 6) is 0.775. The van der Waals surface area contributed by atoms with Gasteiger partial charge in [0.2, 0.25) is 5.91 Å². The summed E-state index contributed by atoms with van der Waals surface area (Å²) in [6.07, 6.45) is 0.794. The van der Waals surface area contributed by atoms with Crippen LogP contribution in [0.1, 0.15) is 31.9 Å². The van der Waals surface area contributed by atoms with Crippen LogP contribution in [-0.4, -0.2) is 28.5 Å². The number of rotatable bonds is 7. The van der Waals surface area contributed by atoms with E-state index in [0.29, 0.717) is 0 Å². The van der Waals surface area contributed by atoms with Gasteiger partial charge in [-0.3, -0.25) is 4.79 Å². The van der Waals surface area contributed by atoms with E-state index in [1.807, 2.05) is 38.1 Å². The maximum atomic E-state index is 12.4. The monoisotopic (exact) mass is 337 g/mol. The van der Waals surface area contributed by atoms with E-state index in [1.54, 1.807) is 12.6 Å². The van der Waals surface area contributed by atoms with Gasteiger partial charge in [0, 0.05) is 5.56 Å². The fraction of sp³-hybridized carbons (Fsp3) is 0.400. The molecule has 0 unspecified atom stereocenters. The van der Waals surface area contributed by atoms with E-state index >= 15 is 0 Å². The molecular formula is C15H19N3O2S2. The van der Waals surface area contributed by atoms with E-state index in [4.69, 9.17) is 4.74 Å². The van der Waals surface area contributed by atoms with Crippen molar-refractivity contribution in [2.24, 2.45) is 0 Å². The molecule has 2 atom stereocenters. The summed E-state index contributed by atoms with van der Waals surface area (Å²) >= 11 is 2.85. The van der Waals surface area contributed by atoms with E-state index < -0.39 is 0 Å². The largest absolute Gasteiger partial charge is 0.496 e. The molecule has 7 heteroatoms. The average molecular weight is 337 g/mol. The number of methoxy groups -OCH3 is 1. The van der Waals surface area contributed by atoms with Crippen LogP contribution in [0.5, 0.6) is 5.75 Å². The van der Waals surface area contributed by atoms with Crippen LogP contribution in [0, 0.1) is 0 Å². The SMILES string of the molecule is CC[C@@H](NC(=O)[C@@H](C)Sc1nncs1)c1ccccc1OC. The molecule has 1 N–H and O–H groups in total. The third-order valence-electron chi connectivity index (χ3n) is 3.23. The number of para-hydroxylation sites is 1. The lowest BCUT2D eigenvalue weighted by Crippen LogP contribution is -2.34. The first-order chi connectivity index (χ1) is 10.7. The Morgan fingerprint density at radius 2 is 2.23 bits per heavy atom. The maximum Gasteiger partial charge on any atom is 0.233 e. The Kier molecular flexibility index (Phi) is 6.21. The Balaban J connectivity index is 2.04. The highest BCUT2D eigenvalue weighted by atomic mass is 32.2. The highest BCUT2D eigenvalue weighted by Gasteiger charge is 2.21. The minimum absolute atomic E-state index is 0.0158. The highest BCUT2D eigenvalue weighted by Crippen LogP contribution is 2.28. The number of carbonyl (C=O) groups is 1. The number of hydrogen-bond donors (Lipinski definition) is 1. The number of nitrogens with one attached hydrogen (secondary N) is 1. The predicted molar refractivity (Wildman–Crippen MR) is 89.4 cm³/mol. The summed E-state index contributed by atoms with van der Waals surface area (Å²) in [6.45, 7) is 3.91. The Labute approximate surface area is 138 Å². The smallest absolute Gasteiger partial charge is 0.233 e. The zero-order valence-electron chi connectivity index (χ0n) is 12.8. The molecule has 0 aliphatic carbocycles. The summed E-state index contributed by atoms with van der Waals surface area (Å²) in [5, 5.41) is 10.6. The van der Waals surface area contributed by atoms with Crippen molar-refractivity contribution in [2.45, 2.75) is 35.9 Å². The lowest BCUT2D eigenvalue weighted by molar-refractivity contribution is -0.121. The molecule has 0 aliphatic rings. The Hall–Kier alpha value is -1.60. The number of hydrogen-bond acceptors (Lipinski definition) is 6. The lowest BCUT2D eigenvalue weighted by atomic mass is 10.0. The van der Waals surface area contributed by atoms with Crippen molar-refractivity contribution >= 4 is 29.0 Å². The summed E-state index contributed by atoms with van der Waals surface area (Å²) in [5.41, 5.74) is 2.66. The fourth-order valence-corrected chi connectivity index (χ4v) is 3.70. The van der Waals surface area contributed by atoms with Gasteiger partial charge in [0.25, 0.3) is 0 Å². The van der Waals surface area contributed by atoms with Gasteiger partial charge in [0.15, 0.2) is 4.34 Å². The van der Waals surface area contributed by atoms with Gasteiger partial charge in [-0.1, -0.05) is 48.2 Å². The molecule has 1 aromatic heterocycles. The molecule has 2 rings (SSSR count). The Morgan fingerprint density at radius 3 is 2.86 bits per heavy atom. The van der Waals surface area contributed by atoms with Crippen LogP contribution in [0.25, 0.3) is 0 Å². The van der Waals surface area contributed by atoms with Crippen molar-refractivity contribution in [1.82, 2.24) is 15.5 Å². The third kappa shape index (κ3) is 4.20. The zero-order chi connectivity index (χ0) is 15.9. The van der Waals surface area contributed by atoms with Crippen molar-refractivity contribution in [3.05, 3.63) is 35.3 Å². The van der Waals surface area contributed by atoms with E-state index in [1.165, 1.54) is 23.1 Å². The predicted octanol–water partition coefficient (Wildman–Crippen LogP) is 3.29. The lowest BCUT2D eigenvalue weighted by Gasteiger charge is -2.21. The standard InChI is InChI=1S/C15H19N3O2S2/c1-4-12(11-7-5-6-8-13(11)20-3)17-14(19)10(2)22-15-18-16-9-21-15/h5-10,12H,4H2,1-3H3,(H,17,19)/t10-,12-/m1/s1. The van der Waals surface area contributed by atoms with Crippen LogP contribution in [0.4, 0.5) is 0 Å². The van der Waals surface area contributed by atoms with Crippen LogP contribution in [0.3, 0.4) is 0 Å². The number of aromatic nitrogens is 2. The van der Waals surface area contributed by atoms with Crippen molar-refractivity contribution in [2.75, 3.05) is 7.11 Å². The average Bonchev–Trinajstić information content (AvgIpc) is 3.05. The van der Waals surface area contributed by atoms with E-state index in [0.717, 1.165) is 22.1 Å². The normalized spacial score (nSPS) is 13.4. The molecule has 0 bridgehead atoms. The maximum absolute atomic E-state index is 12.4. The van der Waals surface area contributed by atoms with Gasteiger partial charge in [-0.15, -0.1) is 10.2 Å². The quantitative estimate of drug-likeness (QED) is 0.786. The number of ether oxygens (including phenoxy) is 1. The van der Waals surface area contributed by atoms with Crippen molar-refractivity contribution in [1.29, 1.82) is 0 Å². The molecule has 2 aromatic rings. The highest BCUT2D eigenvalue weighted by molar-refractivity contribution is 8.02. The molecule has 0 saturated carbocycles. The molecule has 1 amide bonds. The van der Waals surface area contributed by atoms with Gasteiger partial charge in [-0.05, 0) is 19.4 Å². The molecule has 1 heterocycles. The molecular weight excluding hydrogens is 318 g/mol. The van der Waals surface area contributed by atoms with E-state index in [-0.39, 0.29) is 17.2 Å².